The molecule has 0 radical (unpaired) electrons. The second-order valence-electron chi connectivity index (χ2n) is 7.04. The van der Waals surface area contributed by atoms with Gasteiger partial charge >= 0.3 is 6.03 Å². The number of sulfonamides is 1. The molecule has 0 atom stereocenters. The van der Waals surface area contributed by atoms with Gasteiger partial charge in [-0.3, -0.25) is 0 Å². The topological polar surface area (TPSA) is 87.7 Å². The predicted octanol–water partition coefficient (Wildman–Crippen LogP) is 3.23. The number of aryl methyl sites for hydroxylation is 1. The van der Waals surface area contributed by atoms with E-state index in [1.165, 1.54) is 24.8 Å². The van der Waals surface area contributed by atoms with E-state index < -0.39 is 10.0 Å². The summed E-state index contributed by atoms with van der Waals surface area (Å²) in [5.41, 5.74) is 1.97. The molecule has 0 saturated carbocycles. The Kier molecular flexibility index (Phi) is 6.76. The summed E-state index contributed by atoms with van der Waals surface area (Å²) in [6.45, 7) is 3.07. The molecule has 2 aromatic rings. The average Bonchev–Trinajstić information content (AvgIpc) is 2.74. The minimum absolute atomic E-state index is 0.161. The van der Waals surface area contributed by atoms with E-state index in [1.54, 1.807) is 17.0 Å². The number of piperidine rings is 1. The van der Waals surface area contributed by atoms with Crippen LogP contribution in [0.3, 0.4) is 0 Å². The van der Waals surface area contributed by atoms with E-state index in [-0.39, 0.29) is 17.0 Å². The van der Waals surface area contributed by atoms with Crippen molar-refractivity contribution in [3.8, 4) is 5.75 Å². The largest absolute Gasteiger partial charge is 0.497 e. The zero-order chi connectivity index (χ0) is 20.9. The molecule has 2 aromatic carbocycles. The lowest BCUT2D eigenvalue weighted by atomic mass is 10.1. The van der Waals surface area contributed by atoms with E-state index in [0.717, 1.165) is 12.1 Å². The number of ether oxygens (including phenoxy) is 1. The number of nitrogens with one attached hydrogen (secondary N) is 2. The molecule has 7 nitrogen and oxygen atoms in total. The standard InChI is InChI=1S/C21H27N3O4S/c1-3-16-4-6-17(7-5-16)22-21(25)24-14-12-18(13-15-24)23-29(26,27)20-10-8-19(28-2)9-11-20/h4-11,18,23H,3,12-15H2,1-2H3,(H,22,25). The monoisotopic (exact) mass is 417 g/mol. The highest BCUT2D eigenvalue weighted by Gasteiger charge is 2.26. The van der Waals surface area contributed by atoms with Crippen molar-refractivity contribution in [3.63, 3.8) is 0 Å². The van der Waals surface area contributed by atoms with E-state index in [0.29, 0.717) is 31.7 Å². The van der Waals surface area contributed by atoms with E-state index in [9.17, 15) is 13.2 Å². The van der Waals surface area contributed by atoms with Crippen molar-refractivity contribution < 1.29 is 17.9 Å². The summed E-state index contributed by atoms with van der Waals surface area (Å²) >= 11 is 0. The van der Waals surface area contributed by atoms with Crippen LogP contribution < -0.4 is 14.8 Å². The van der Waals surface area contributed by atoms with E-state index >= 15 is 0 Å². The number of anilines is 1. The number of carbonyl (C=O) groups excluding carboxylic acids is 1. The number of urea groups is 1. The third-order valence-corrected chi connectivity index (χ3v) is 6.62. The minimum atomic E-state index is -3.60. The molecule has 1 aliphatic rings. The van der Waals surface area contributed by atoms with Crippen LogP contribution in [0.2, 0.25) is 0 Å². The first-order valence-corrected chi connectivity index (χ1v) is 11.2. The summed E-state index contributed by atoms with van der Waals surface area (Å²) in [5.74, 6) is 0.604. The summed E-state index contributed by atoms with van der Waals surface area (Å²) in [6.07, 6.45) is 2.09. The second kappa shape index (κ2) is 9.28. The van der Waals surface area contributed by atoms with E-state index in [1.807, 2.05) is 24.3 Å². The van der Waals surface area contributed by atoms with E-state index in [4.69, 9.17) is 4.74 Å². The summed E-state index contributed by atoms with van der Waals surface area (Å²) < 4.78 is 32.9. The highest BCUT2D eigenvalue weighted by Crippen LogP contribution is 2.19. The lowest BCUT2D eigenvalue weighted by Crippen LogP contribution is -2.47. The molecule has 8 heteroatoms. The van der Waals surface area contributed by atoms with Gasteiger partial charge < -0.3 is 15.0 Å². The fourth-order valence-corrected chi connectivity index (χ4v) is 4.57. The molecular weight excluding hydrogens is 390 g/mol. The minimum Gasteiger partial charge on any atom is -0.497 e. The molecule has 2 amide bonds. The Balaban J connectivity index is 1.51. The van der Waals surface area contributed by atoms with Crippen LogP contribution in [0.1, 0.15) is 25.3 Å². The van der Waals surface area contributed by atoms with Crippen molar-refractivity contribution in [2.45, 2.75) is 37.1 Å². The SMILES string of the molecule is CCc1ccc(NC(=O)N2CCC(NS(=O)(=O)c3ccc(OC)cc3)CC2)cc1. The summed E-state index contributed by atoms with van der Waals surface area (Å²) in [6, 6.07) is 13.7. The predicted molar refractivity (Wildman–Crippen MR) is 113 cm³/mol. The van der Waals surface area contributed by atoms with Crippen molar-refractivity contribution in [2.24, 2.45) is 0 Å². The van der Waals surface area contributed by atoms with Gasteiger partial charge in [-0.05, 0) is 61.2 Å². The molecule has 2 N–H and O–H groups in total. The molecule has 1 saturated heterocycles. The number of rotatable bonds is 6. The molecule has 0 aromatic heterocycles. The van der Waals surface area contributed by atoms with Gasteiger partial charge in [0.2, 0.25) is 10.0 Å². The fraction of sp³-hybridized carbons (Fsp3) is 0.381. The zero-order valence-corrected chi connectivity index (χ0v) is 17.5. The van der Waals surface area contributed by atoms with Crippen LogP contribution in [-0.4, -0.2) is 45.6 Å². The summed E-state index contributed by atoms with van der Waals surface area (Å²) in [5, 5.41) is 2.90. The van der Waals surface area contributed by atoms with Crippen LogP contribution in [0, 0.1) is 0 Å². The Morgan fingerprint density at radius 1 is 1.07 bits per heavy atom. The molecule has 156 valence electrons. The first-order chi connectivity index (χ1) is 13.9. The molecule has 1 fully saturated rings. The van der Waals surface area contributed by atoms with Crippen LogP contribution in [-0.2, 0) is 16.4 Å². The number of hydrogen-bond donors (Lipinski definition) is 2. The molecule has 1 aliphatic heterocycles. The maximum Gasteiger partial charge on any atom is 0.321 e. The summed E-state index contributed by atoms with van der Waals surface area (Å²) in [4.78, 5) is 14.4. The maximum atomic E-state index is 12.6. The maximum absolute atomic E-state index is 12.6. The van der Waals surface area contributed by atoms with Crippen LogP contribution in [0.25, 0.3) is 0 Å². The quantitative estimate of drug-likeness (QED) is 0.755. The van der Waals surface area contributed by atoms with Gasteiger partial charge in [-0.25, -0.2) is 17.9 Å². The van der Waals surface area contributed by atoms with Crippen LogP contribution in [0.15, 0.2) is 53.4 Å². The average molecular weight is 418 g/mol. The van der Waals surface area contributed by atoms with Gasteiger partial charge in [0, 0.05) is 24.8 Å². The smallest absolute Gasteiger partial charge is 0.321 e. The lowest BCUT2D eigenvalue weighted by molar-refractivity contribution is 0.193. The number of methoxy groups -OCH3 is 1. The molecule has 0 aliphatic carbocycles. The van der Waals surface area contributed by atoms with Crippen molar-refractivity contribution in [1.82, 2.24) is 9.62 Å². The number of hydrogen-bond acceptors (Lipinski definition) is 4. The third kappa shape index (κ3) is 5.48. The Hall–Kier alpha value is -2.58. The number of amides is 2. The Labute approximate surface area is 172 Å². The third-order valence-electron chi connectivity index (χ3n) is 5.09. The van der Waals surface area contributed by atoms with Crippen LogP contribution in [0.5, 0.6) is 5.75 Å². The number of carbonyl (C=O) groups is 1. The molecule has 0 bridgehead atoms. The van der Waals surface area contributed by atoms with Gasteiger partial charge in [-0.15, -0.1) is 0 Å². The van der Waals surface area contributed by atoms with Crippen LogP contribution in [0.4, 0.5) is 10.5 Å². The van der Waals surface area contributed by atoms with Gasteiger partial charge in [0.25, 0.3) is 0 Å². The van der Waals surface area contributed by atoms with Gasteiger partial charge in [0.05, 0.1) is 12.0 Å². The number of likely N-dealkylation sites (tertiary alicyclic amines) is 1. The van der Waals surface area contributed by atoms with Gasteiger partial charge in [0.15, 0.2) is 0 Å². The van der Waals surface area contributed by atoms with Gasteiger partial charge in [-0.1, -0.05) is 19.1 Å². The molecule has 1 heterocycles. The highest BCUT2D eigenvalue weighted by atomic mass is 32.2. The van der Waals surface area contributed by atoms with E-state index in [2.05, 4.69) is 17.0 Å². The molecule has 3 rings (SSSR count). The van der Waals surface area contributed by atoms with Crippen molar-refractivity contribution in [2.75, 3.05) is 25.5 Å². The molecular formula is C21H27N3O4S. The number of nitrogens with zero attached hydrogens (tertiary/aromatic N) is 1. The molecule has 0 unspecified atom stereocenters. The number of benzene rings is 2. The Morgan fingerprint density at radius 2 is 1.69 bits per heavy atom. The van der Waals surface area contributed by atoms with Gasteiger partial charge in [-0.2, -0.15) is 0 Å². The lowest BCUT2D eigenvalue weighted by Gasteiger charge is -2.32. The normalized spacial score (nSPS) is 15.2. The fourth-order valence-electron chi connectivity index (χ4n) is 3.27. The van der Waals surface area contributed by atoms with Crippen molar-refractivity contribution >= 4 is 21.7 Å². The zero-order valence-electron chi connectivity index (χ0n) is 16.7. The molecule has 29 heavy (non-hydrogen) atoms. The van der Waals surface area contributed by atoms with Crippen molar-refractivity contribution in [1.29, 1.82) is 0 Å². The summed E-state index contributed by atoms with van der Waals surface area (Å²) in [7, 11) is -2.07. The Bertz CT molecular complexity index is 919. The Morgan fingerprint density at radius 3 is 2.24 bits per heavy atom. The van der Waals surface area contributed by atoms with Crippen LogP contribution >= 0.6 is 0 Å². The highest BCUT2D eigenvalue weighted by molar-refractivity contribution is 7.89. The van der Waals surface area contributed by atoms with Crippen molar-refractivity contribution in [3.05, 3.63) is 54.1 Å². The first-order valence-electron chi connectivity index (χ1n) is 9.72. The van der Waals surface area contributed by atoms with Gasteiger partial charge in [0.1, 0.15) is 5.75 Å². The first kappa shape index (κ1) is 21.1. The second-order valence-corrected chi connectivity index (χ2v) is 8.75. The molecule has 0 spiro atoms.